The third kappa shape index (κ3) is 3.97. The third-order valence-corrected chi connectivity index (χ3v) is 6.83. The summed E-state index contributed by atoms with van der Waals surface area (Å²) in [6, 6.07) is 14.5. The van der Waals surface area contributed by atoms with E-state index >= 15 is 0 Å². The summed E-state index contributed by atoms with van der Waals surface area (Å²) in [5.41, 5.74) is 1.31. The fraction of sp³-hybridized carbons (Fsp3) is 0.440. The maximum Gasteiger partial charge on any atom is 0.348 e. The van der Waals surface area contributed by atoms with E-state index in [9.17, 15) is 9.18 Å². The van der Waals surface area contributed by atoms with Crippen molar-refractivity contribution in [2.24, 2.45) is 10.9 Å². The van der Waals surface area contributed by atoms with Crippen molar-refractivity contribution in [3.8, 4) is 5.75 Å². The van der Waals surface area contributed by atoms with Crippen molar-refractivity contribution < 1.29 is 13.9 Å². The van der Waals surface area contributed by atoms with Gasteiger partial charge in [0.1, 0.15) is 17.7 Å². The molecule has 1 aliphatic carbocycles. The number of ether oxygens (including phenoxy) is 1. The zero-order valence-electron chi connectivity index (χ0n) is 18.0. The van der Waals surface area contributed by atoms with Crippen molar-refractivity contribution in [1.29, 1.82) is 0 Å². The molecule has 0 radical (unpaired) electrons. The second kappa shape index (κ2) is 7.75. The van der Waals surface area contributed by atoms with Crippen LogP contribution in [0.3, 0.4) is 0 Å². The molecule has 4 atom stereocenters. The van der Waals surface area contributed by atoms with Gasteiger partial charge in [-0.05, 0) is 68.0 Å². The Hall–Kier alpha value is -2.73. The van der Waals surface area contributed by atoms with Crippen molar-refractivity contribution in [1.82, 2.24) is 4.90 Å². The van der Waals surface area contributed by atoms with Crippen molar-refractivity contribution in [2.75, 3.05) is 11.4 Å². The van der Waals surface area contributed by atoms with E-state index in [1.54, 1.807) is 23.2 Å². The summed E-state index contributed by atoms with van der Waals surface area (Å²) < 4.78 is 19.9. The van der Waals surface area contributed by atoms with Gasteiger partial charge in [0, 0.05) is 31.0 Å². The predicted molar refractivity (Wildman–Crippen MR) is 119 cm³/mol. The van der Waals surface area contributed by atoms with Crippen LogP contribution in [0.25, 0.3) is 0 Å². The minimum atomic E-state index is -0.492. The van der Waals surface area contributed by atoms with Gasteiger partial charge in [-0.15, -0.1) is 0 Å². The van der Waals surface area contributed by atoms with Gasteiger partial charge in [0.2, 0.25) is 0 Å². The molecule has 5 nitrogen and oxygen atoms in total. The van der Waals surface area contributed by atoms with Gasteiger partial charge in [0.05, 0.1) is 5.54 Å². The van der Waals surface area contributed by atoms with E-state index in [0.29, 0.717) is 17.7 Å². The van der Waals surface area contributed by atoms with E-state index in [0.717, 1.165) is 38.1 Å². The summed E-state index contributed by atoms with van der Waals surface area (Å²) in [6.45, 7) is 6.06. The summed E-state index contributed by atoms with van der Waals surface area (Å²) in [4.78, 5) is 20.8. The van der Waals surface area contributed by atoms with Crippen LogP contribution in [0.2, 0.25) is 0 Å². The first-order valence-electron chi connectivity index (χ1n) is 11.1. The molecule has 2 heterocycles. The molecule has 2 unspecified atom stereocenters. The number of piperidine rings is 1. The highest BCUT2D eigenvalue weighted by Crippen LogP contribution is 2.39. The van der Waals surface area contributed by atoms with Gasteiger partial charge in [-0.1, -0.05) is 25.1 Å². The molecule has 2 aliphatic heterocycles. The number of benzene rings is 2. The van der Waals surface area contributed by atoms with Crippen LogP contribution in [-0.4, -0.2) is 41.4 Å². The van der Waals surface area contributed by atoms with E-state index in [-0.39, 0.29) is 17.9 Å². The molecule has 0 N–H and O–H groups in total. The zero-order chi connectivity index (χ0) is 21.6. The van der Waals surface area contributed by atoms with Crippen LogP contribution in [0.4, 0.5) is 14.9 Å². The number of anilines is 1. The highest BCUT2D eigenvalue weighted by molar-refractivity contribution is 6.08. The van der Waals surface area contributed by atoms with Crippen LogP contribution in [-0.2, 0) is 6.54 Å². The maximum absolute atomic E-state index is 13.8. The first-order chi connectivity index (χ1) is 14.9. The third-order valence-electron chi connectivity index (χ3n) is 6.83. The van der Waals surface area contributed by atoms with Gasteiger partial charge >= 0.3 is 6.03 Å². The fourth-order valence-corrected chi connectivity index (χ4v) is 4.90. The Labute approximate surface area is 182 Å². The number of urea groups is 1. The normalized spacial score (nSPS) is 30.2. The van der Waals surface area contributed by atoms with E-state index in [1.165, 1.54) is 17.7 Å². The van der Waals surface area contributed by atoms with Gasteiger partial charge in [-0.25, -0.2) is 14.2 Å². The second-order valence-corrected chi connectivity index (χ2v) is 9.25. The molecular formula is C25H28FN3O2. The average Bonchev–Trinajstić information content (AvgIpc) is 3.33. The molecule has 2 fully saturated rings. The SMILES string of the molecule is CC1CC2(C=NC(=O)N2c2cccc(F)c2)CCN1Cc1cccc(O[C@H]2C[C@H]2C)c1. The molecule has 3 aliphatic rings. The Morgan fingerprint density at radius 2 is 2.00 bits per heavy atom. The molecule has 1 spiro atoms. The number of carbonyl (C=O) groups is 1. The Balaban J connectivity index is 1.29. The van der Waals surface area contributed by atoms with Crippen molar-refractivity contribution in [3.63, 3.8) is 0 Å². The summed E-state index contributed by atoms with van der Waals surface area (Å²) in [7, 11) is 0. The fourth-order valence-electron chi connectivity index (χ4n) is 4.90. The molecule has 1 saturated heterocycles. The minimum Gasteiger partial charge on any atom is -0.490 e. The van der Waals surface area contributed by atoms with Gasteiger partial charge in [0.15, 0.2) is 0 Å². The summed E-state index contributed by atoms with van der Waals surface area (Å²) in [6.07, 6.45) is 4.79. The first-order valence-corrected chi connectivity index (χ1v) is 11.1. The van der Waals surface area contributed by atoms with Gasteiger partial charge < -0.3 is 4.74 Å². The summed E-state index contributed by atoms with van der Waals surface area (Å²) in [5.74, 6) is 1.25. The van der Waals surface area contributed by atoms with E-state index in [4.69, 9.17) is 4.74 Å². The lowest BCUT2D eigenvalue weighted by molar-refractivity contribution is 0.124. The minimum absolute atomic E-state index is 0.246. The van der Waals surface area contributed by atoms with Crippen molar-refractivity contribution in [2.45, 2.75) is 57.3 Å². The molecule has 2 amide bonds. The average molecular weight is 422 g/mol. The first kappa shape index (κ1) is 20.2. The monoisotopic (exact) mass is 421 g/mol. The Morgan fingerprint density at radius 1 is 1.19 bits per heavy atom. The summed E-state index contributed by atoms with van der Waals surface area (Å²) in [5, 5.41) is 0. The van der Waals surface area contributed by atoms with Crippen LogP contribution in [0.15, 0.2) is 53.5 Å². The molecule has 0 aromatic heterocycles. The topological polar surface area (TPSA) is 45.1 Å². The Kier molecular flexibility index (Phi) is 5.05. The maximum atomic E-state index is 13.8. The van der Waals surface area contributed by atoms with E-state index in [2.05, 4.69) is 41.9 Å². The number of carbonyl (C=O) groups excluding carboxylic acids is 1. The lowest BCUT2D eigenvalue weighted by atomic mass is 9.83. The number of amides is 2. The number of nitrogens with zero attached hydrogens (tertiary/aromatic N) is 3. The number of likely N-dealkylation sites (tertiary alicyclic amines) is 1. The Morgan fingerprint density at radius 3 is 2.74 bits per heavy atom. The number of halogens is 1. The van der Waals surface area contributed by atoms with Crippen LogP contribution < -0.4 is 9.64 Å². The van der Waals surface area contributed by atoms with E-state index in [1.807, 2.05) is 6.07 Å². The highest BCUT2D eigenvalue weighted by Gasteiger charge is 2.48. The number of aliphatic imine (C=N–C) groups is 1. The lowest BCUT2D eigenvalue weighted by Gasteiger charge is -2.46. The standard InChI is InChI=1S/C25H28FN3O2/c1-17-11-23(17)31-22-8-3-5-19(12-22)15-28-10-9-25(14-18(28)2)16-27-24(30)29(25)21-7-4-6-20(26)13-21/h3-8,12-13,16-18,23H,9-11,14-15H2,1-2H3/t17-,18?,23+,25?/m1/s1. The number of hydrogen-bond acceptors (Lipinski definition) is 3. The second-order valence-electron chi connectivity index (χ2n) is 9.25. The van der Waals surface area contributed by atoms with Gasteiger partial charge in [-0.3, -0.25) is 9.80 Å². The Bertz CT molecular complexity index is 1030. The summed E-state index contributed by atoms with van der Waals surface area (Å²) >= 11 is 0. The predicted octanol–water partition coefficient (Wildman–Crippen LogP) is 5.05. The van der Waals surface area contributed by atoms with Crippen LogP contribution in [0, 0.1) is 11.7 Å². The zero-order valence-corrected chi connectivity index (χ0v) is 18.0. The van der Waals surface area contributed by atoms with Gasteiger partial charge in [0.25, 0.3) is 0 Å². The largest absolute Gasteiger partial charge is 0.490 e. The van der Waals surface area contributed by atoms with Crippen LogP contribution >= 0.6 is 0 Å². The molecule has 2 aromatic rings. The quantitative estimate of drug-likeness (QED) is 0.679. The molecule has 6 heteroatoms. The van der Waals surface area contributed by atoms with Crippen LogP contribution in [0.5, 0.6) is 5.75 Å². The molecule has 1 saturated carbocycles. The molecule has 162 valence electrons. The van der Waals surface area contributed by atoms with Crippen molar-refractivity contribution >= 4 is 17.9 Å². The van der Waals surface area contributed by atoms with Crippen LogP contribution in [0.1, 0.15) is 38.7 Å². The number of rotatable bonds is 5. The van der Waals surface area contributed by atoms with E-state index < -0.39 is 5.54 Å². The van der Waals surface area contributed by atoms with Gasteiger partial charge in [-0.2, -0.15) is 0 Å². The smallest absolute Gasteiger partial charge is 0.348 e. The number of hydrogen-bond donors (Lipinski definition) is 0. The highest BCUT2D eigenvalue weighted by atomic mass is 19.1. The lowest BCUT2D eigenvalue weighted by Crippen LogP contribution is -2.57. The molecule has 31 heavy (non-hydrogen) atoms. The van der Waals surface area contributed by atoms with Crippen molar-refractivity contribution in [3.05, 3.63) is 59.9 Å². The molecule has 2 aromatic carbocycles. The molecule has 5 rings (SSSR count). The molecular weight excluding hydrogens is 393 g/mol. The molecule has 0 bridgehead atoms.